The van der Waals surface area contributed by atoms with Crippen molar-refractivity contribution in [1.82, 2.24) is 5.32 Å². The van der Waals surface area contributed by atoms with E-state index in [2.05, 4.69) is 46.9 Å². The Morgan fingerprint density at radius 2 is 1.64 bits per heavy atom. The lowest BCUT2D eigenvalue weighted by molar-refractivity contribution is -0.664. The van der Waals surface area contributed by atoms with Gasteiger partial charge >= 0.3 is 0 Å². The van der Waals surface area contributed by atoms with E-state index in [1.54, 1.807) is 0 Å². The van der Waals surface area contributed by atoms with E-state index >= 15 is 0 Å². The fourth-order valence-electron chi connectivity index (χ4n) is 3.68. The SMILES string of the molecule is CC(C)(C)c1cc([C@@]2(O)CNC3=[N+]2CCOC3)cc(C(C)(C)C)c1O. The Morgan fingerprint density at radius 3 is 2.16 bits per heavy atom. The topological polar surface area (TPSA) is 64.7 Å². The number of ether oxygens (including phenoxy) is 1. The van der Waals surface area contributed by atoms with Crippen LogP contribution in [0.4, 0.5) is 0 Å². The van der Waals surface area contributed by atoms with Crippen LogP contribution in [0.3, 0.4) is 0 Å². The highest BCUT2D eigenvalue weighted by molar-refractivity contribution is 5.80. The first-order chi connectivity index (χ1) is 11.4. The molecule has 2 aliphatic heterocycles. The normalized spacial score (nSPS) is 24.3. The number of β-amino-alcohol motifs (C(OH)–C–C–N with tert-alkyl or cyclic N) is 1. The number of benzene rings is 1. The van der Waals surface area contributed by atoms with Crippen molar-refractivity contribution in [2.45, 2.75) is 58.1 Å². The summed E-state index contributed by atoms with van der Waals surface area (Å²) in [5.41, 5.74) is 0.993. The monoisotopic (exact) mass is 347 g/mol. The van der Waals surface area contributed by atoms with Crippen molar-refractivity contribution in [3.05, 3.63) is 28.8 Å². The van der Waals surface area contributed by atoms with Gasteiger partial charge < -0.3 is 14.9 Å². The molecule has 0 radical (unpaired) electrons. The number of amidine groups is 1. The smallest absolute Gasteiger partial charge is 0.274 e. The molecule has 0 saturated heterocycles. The Kier molecular flexibility index (Phi) is 4.16. The van der Waals surface area contributed by atoms with Gasteiger partial charge in [0.15, 0.2) is 6.54 Å². The van der Waals surface area contributed by atoms with Gasteiger partial charge in [-0.25, -0.2) is 4.58 Å². The van der Waals surface area contributed by atoms with Gasteiger partial charge in [0.25, 0.3) is 11.6 Å². The van der Waals surface area contributed by atoms with E-state index in [-0.39, 0.29) is 10.8 Å². The fraction of sp³-hybridized carbons (Fsp3) is 0.650. The molecule has 0 bridgehead atoms. The molecule has 0 saturated carbocycles. The zero-order chi connectivity index (χ0) is 18.6. The number of phenolic OH excluding ortho intramolecular Hbond substituents is 1. The van der Waals surface area contributed by atoms with Crippen LogP contribution in [0.5, 0.6) is 5.75 Å². The third-order valence-corrected chi connectivity index (χ3v) is 5.20. The van der Waals surface area contributed by atoms with Crippen LogP contribution in [0.25, 0.3) is 0 Å². The number of phenols is 1. The molecule has 0 amide bonds. The first kappa shape index (κ1) is 18.2. The van der Waals surface area contributed by atoms with E-state index in [4.69, 9.17) is 4.74 Å². The summed E-state index contributed by atoms with van der Waals surface area (Å²) in [6.45, 7) is 14.7. The first-order valence-electron chi connectivity index (χ1n) is 9.00. The maximum absolute atomic E-state index is 11.5. The molecular formula is C20H31N2O3+. The first-order valence-corrected chi connectivity index (χ1v) is 9.00. The second kappa shape index (κ2) is 5.71. The molecule has 25 heavy (non-hydrogen) atoms. The Bertz CT molecular complexity index is 690. The molecular weight excluding hydrogens is 316 g/mol. The Labute approximate surface area is 150 Å². The van der Waals surface area contributed by atoms with Gasteiger partial charge in [0.1, 0.15) is 18.9 Å². The van der Waals surface area contributed by atoms with E-state index in [0.29, 0.717) is 32.1 Å². The number of hydrogen-bond acceptors (Lipinski definition) is 4. The summed E-state index contributed by atoms with van der Waals surface area (Å²) in [6.07, 6.45) is 0. The summed E-state index contributed by atoms with van der Waals surface area (Å²) >= 11 is 0. The third kappa shape index (κ3) is 3.04. The average molecular weight is 347 g/mol. The molecule has 1 aromatic rings. The summed E-state index contributed by atoms with van der Waals surface area (Å²) in [6, 6.07) is 3.93. The summed E-state index contributed by atoms with van der Waals surface area (Å²) < 4.78 is 7.50. The maximum Gasteiger partial charge on any atom is 0.274 e. The minimum atomic E-state index is -1.12. The standard InChI is InChI=1S/C20H30N2O3/c1-18(2,3)14-9-13(10-15(17(14)23)19(4,5)6)20(24)12-21-16-11-25-8-7-22(16)20/h9-10,23-24H,7-8,11-12H2,1-6H3/p+1/t20-/m0/s1. The molecule has 3 N–H and O–H groups in total. The second-order valence-corrected chi connectivity index (χ2v) is 9.24. The van der Waals surface area contributed by atoms with Crippen molar-refractivity contribution in [2.24, 2.45) is 0 Å². The molecule has 0 aliphatic carbocycles. The summed E-state index contributed by atoms with van der Waals surface area (Å²) in [7, 11) is 0. The molecule has 0 aromatic heterocycles. The van der Waals surface area contributed by atoms with Crippen molar-refractivity contribution in [1.29, 1.82) is 0 Å². The van der Waals surface area contributed by atoms with Crippen molar-refractivity contribution in [3.8, 4) is 5.75 Å². The van der Waals surface area contributed by atoms with E-state index in [1.807, 2.05) is 16.7 Å². The minimum Gasteiger partial charge on any atom is -0.507 e. The van der Waals surface area contributed by atoms with E-state index < -0.39 is 5.72 Å². The summed E-state index contributed by atoms with van der Waals surface area (Å²) in [4.78, 5) is 0. The lowest BCUT2D eigenvalue weighted by Gasteiger charge is -2.31. The molecule has 0 spiro atoms. The van der Waals surface area contributed by atoms with Crippen LogP contribution in [0.1, 0.15) is 58.2 Å². The zero-order valence-corrected chi connectivity index (χ0v) is 16.2. The lowest BCUT2D eigenvalue weighted by atomic mass is 9.77. The Morgan fingerprint density at radius 1 is 1.08 bits per heavy atom. The molecule has 3 rings (SSSR count). The van der Waals surface area contributed by atoms with Gasteiger partial charge in [0, 0.05) is 16.7 Å². The van der Waals surface area contributed by atoms with E-state index in [9.17, 15) is 10.2 Å². The van der Waals surface area contributed by atoms with Crippen LogP contribution in [0, 0.1) is 0 Å². The van der Waals surface area contributed by atoms with Crippen LogP contribution in [0.15, 0.2) is 12.1 Å². The number of aliphatic hydroxyl groups is 1. The molecule has 5 nitrogen and oxygen atoms in total. The Balaban J connectivity index is 2.22. The quantitative estimate of drug-likeness (QED) is 0.682. The zero-order valence-electron chi connectivity index (χ0n) is 16.2. The van der Waals surface area contributed by atoms with Crippen LogP contribution >= 0.6 is 0 Å². The van der Waals surface area contributed by atoms with Crippen LogP contribution in [0.2, 0.25) is 0 Å². The highest BCUT2D eigenvalue weighted by Gasteiger charge is 2.49. The molecule has 5 heteroatoms. The van der Waals surface area contributed by atoms with Gasteiger partial charge in [-0.2, -0.15) is 0 Å². The molecule has 2 heterocycles. The molecule has 1 aromatic carbocycles. The summed E-state index contributed by atoms with van der Waals surface area (Å²) in [5, 5.41) is 25.7. The molecule has 2 aliphatic rings. The van der Waals surface area contributed by atoms with Crippen molar-refractivity contribution < 1.29 is 19.5 Å². The minimum absolute atomic E-state index is 0.222. The predicted molar refractivity (Wildman–Crippen MR) is 98.4 cm³/mol. The third-order valence-electron chi connectivity index (χ3n) is 5.20. The van der Waals surface area contributed by atoms with Gasteiger partial charge in [-0.1, -0.05) is 41.5 Å². The average Bonchev–Trinajstić information content (AvgIpc) is 2.84. The maximum atomic E-state index is 11.5. The lowest BCUT2D eigenvalue weighted by Crippen LogP contribution is -2.44. The van der Waals surface area contributed by atoms with Crippen LogP contribution < -0.4 is 5.32 Å². The Hall–Kier alpha value is -1.59. The fourth-order valence-corrected chi connectivity index (χ4v) is 3.68. The van der Waals surface area contributed by atoms with Crippen LogP contribution in [-0.2, 0) is 21.3 Å². The van der Waals surface area contributed by atoms with Crippen molar-refractivity contribution in [2.75, 3.05) is 26.3 Å². The second-order valence-electron chi connectivity index (χ2n) is 9.24. The van der Waals surface area contributed by atoms with Gasteiger partial charge in [-0.05, 0) is 23.0 Å². The highest BCUT2D eigenvalue weighted by atomic mass is 16.5. The van der Waals surface area contributed by atoms with Crippen molar-refractivity contribution in [3.63, 3.8) is 0 Å². The van der Waals surface area contributed by atoms with Gasteiger partial charge in [-0.15, -0.1) is 0 Å². The highest BCUT2D eigenvalue weighted by Crippen LogP contribution is 2.42. The predicted octanol–water partition coefficient (Wildman–Crippen LogP) is 2.18. The number of nitrogens with one attached hydrogen (secondary N) is 1. The molecule has 138 valence electrons. The number of rotatable bonds is 1. The number of hydrogen-bond donors (Lipinski definition) is 3. The number of aromatic hydroxyl groups is 1. The molecule has 0 unspecified atom stereocenters. The summed E-state index contributed by atoms with van der Waals surface area (Å²) in [5.74, 6) is 1.26. The largest absolute Gasteiger partial charge is 0.507 e. The van der Waals surface area contributed by atoms with E-state index in [1.165, 1.54) is 0 Å². The number of nitrogens with zero attached hydrogens (tertiary/aromatic N) is 1. The molecule has 1 atom stereocenters. The van der Waals surface area contributed by atoms with Gasteiger partial charge in [-0.3, -0.25) is 5.32 Å². The van der Waals surface area contributed by atoms with Crippen molar-refractivity contribution >= 4 is 5.84 Å². The molecule has 0 fully saturated rings. The van der Waals surface area contributed by atoms with E-state index in [0.717, 1.165) is 22.5 Å². The van der Waals surface area contributed by atoms with Crippen LogP contribution in [-0.4, -0.2) is 46.9 Å². The van der Waals surface area contributed by atoms with Gasteiger partial charge in [0.2, 0.25) is 0 Å². The van der Waals surface area contributed by atoms with Gasteiger partial charge in [0.05, 0.1) is 6.61 Å².